The van der Waals surface area contributed by atoms with Gasteiger partial charge >= 0.3 is 6.18 Å². The molecule has 0 bridgehead atoms. The van der Waals surface area contributed by atoms with E-state index in [1.54, 1.807) is 0 Å². The smallest absolute Gasteiger partial charge is 0.416 e. The topological polar surface area (TPSA) is 81.5 Å². The number of carbonyl (C=O) groups is 1. The zero-order chi connectivity index (χ0) is 19.1. The summed E-state index contributed by atoms with van der Waals surface area (Å²) < 4.78 is 44.8. The van der Waals surface area contributed by atoms with E-state index in [1.807, 2.05) is 0 Å². The second kappa shape index (κ2) is 6.64. The van der Waals surface area contributed by atoms with Crippen molar-refractivity contribution in [2.45, 2.75) is 31.2 Å². The van der Waals surface area contributed by atoms with Crippen LogP contribution in [0.1, 0.15) is 24.0 Å². The van der Waals surface area contributed by atoms with E-state index >= 15 is 0 Å². The predicted molar refractivity (Wildman–Crippen MR) is 86.0 cm³/mol. The third-order valence-electron chi connectivity index (χ3n) is 3.88. The van der Waals surface area contributed by atoms with Crippen LogP contribution in [0.4, 0.5) is 18.9 Å². The number of hydrogen-bond acceptors (Lipinski definition) is 5. The van der Waals surface area contributed by atoms with Gasteiger partial charge in [-0.2, -0.15) is 13.2 Å². The molecule has 0 spiro atoms. The van der Waals surface area contributed by atoms with Gasteiger partial charge < -0.3 is 10.1 Å². The Balaban J connectivity index is 2.12. The molecule has 1 fully saturated rings. The number of halogens is 4. The highest BCUT2D eigenvalue weighted by Gasteiger charge is 2.39. The van der Waals surface area contributed by atoms with Crippen molar-refractivity contribution in [2.24, 2.45) is 0 Å². The fourth-order valence-corrected chi connectivity index (χ4v) is 2.64. The lowest BCUT2D eigenvalue weighted by atomic mass is 9.97. The molecule has 26 heavy (non-hydrogen) atoms. The number of carbonyl (C=O) groups excluding carboxylic acids is 1. The van der Waals surface area contributed by atoms with Crippen molar-refractivity contribution in [3.63, 3.8) is 0 Å². The summed E-state index contributed by atoms with van der Waals surface area (Å²) in [7, 11) is 0. The van der Waals surface area contributed by atoms with Crippen LogP contribution in [0.2, 0.25) is 0 Å². The molecule has 1 aromatic carbocycles. The summed E-state index contributed by atoms with van der Waals surface area (Å²) in [6.07, 6.45) is -3.01. The zero-order valence-corrected chi connectivity index (χ0v) is 13.8. The number of alkyl halides is 3. The second-order valence-electron chi connectivity index (χ2n) is 5.87. The highest BCUT2D eigenvalue weighted by Crippen LogP contribution is 2.38. The molecule has 1 atom stereocenters. The van der Waals surface area contributed by atoms with E-state index in [0.717, 1.165) is 24.4 Å². The molecule has 6 nitrogen and oxygen atoms in total. The molecule has 1 unspecified atom stereocenters. The summed E-state index contributed by atoms with van der Waals surface area (Å²) in [5.74, 6) is -0.621. The van der Waals surface area contributed by atoms with Gasteiger partial charge in [0, 0.05) is 23.7 Å². The first-order chi connectivity index (χ1) is 12.2. The molecule has 1 aliphatic carbocycles. The van der Waals surface area contributed by atoms with E-state index in [4.69, 9.17) is 16.3 Å². The molecule has 1 saturated carbocycles. The molecular formula is C16H12ClF3N2O4. The lowest BCUT2D eigenvalue weighted by Gasteiger charge is -2.11. The normalized spacial score (nSPS) is 20.6. The quantitative estimate of drug-likeness (QED) is 0.613. The fourth-order valence-electron chi connectivity index (χ4n) is 2.50. The molecule has 3 rings (SSSR count). The van der Waals surface area contributed by atoms with Crippen molar-refractivity contribution in [2.75, 3.05) is 0 Å². The Bertz CT molecular complexity index is 831. The average Bonchev–Trinajstić information content (AvgIpc) is 3.31. The van der Waals surface area contributed by atoms with Crippen LogP contribution in [0.5, 0.6) is 0 Å². The number of nitrogens with zero attached hydrogens (tertiary/aromatic N) is 1. The Labute approximate surface area is 150 Å². The predicted octanol–water partition coefficient (Wildman–Crippen LogP) is 3.75. The summed E-state index contributed by atoms with van der Waals surface area (Å²) in [6.45, 7) is 0. The summed E-state index contributed by atoms with van der Waals surface area (Å²) in [4.78, 5) is 22.7. The minimum absolute atomic E-state index is 0.00545. The monoisotopic (exact) mass is 388 g/mol. The van der Waals surface area contributed by atoms with Gasteiger partial charge in [-0.3, -0.25) is 14.9 Å². The number of ketones is 1. The number of ether oxygens (including phenoxy) is 1. The maximum atomic E-state index is 13.1. The molecule has 1 N–H and O–H groups in total. The van der Waals surface area contributed by atoms with E-state index < -0.39 is 34.2 Å². The summed E-state index contributed by atoms with van der Waals surface area (Å²) in [5, 5.41) is 14.0. The molecule has 10 heteroatoms. The van der Waals surface area contributed by atoms with Gasteiger partial charge in [0.1, 0.15) is 0 Å². The number of nitrogens with one attached hydrogen (secondary N) is 1. The first-order valence-electron chi connectivity index (χ1n) is 7.56. The van der Waals surface area contributed by atoms with Crippen molar-refractivity contribution in [1.82, 2.24) is 5.32 Å². The molecule has 1 aliphatic heterocycles. The lowest BCUT2D eigenvalue weighted by Crippen LogP contribution is -2.18. The molecule has 0 aromatic heterocycles. The SMILES string of the molecule is O=C1C(c2cc([N+](=O)[O-])cc(C(F)(F)F)c2)=C(NC2CC2)OC1C=CCl. The van der Waals surface area contributed by atoms with E-state index in [9.17, 15) is 28.1 Å². The number of rotatable bonds is 5. The molecule has 0 amide bonds. The van der Waals surface area contributed by atoms with Crippen molar-refractivity contribution >= 4 is 28.6 Å². The van der Waals surface area contributed by atoms with Crippen molar-refractivity contribution in [3.8, 4) is 0 Å². The van der Waals surface area contributed by atoms with Gasteiger partial charge in [-0.15, -0.1) is 0 Å². The first-order valence-corrected chi connectivity index (χ1v) is 8.00. The lowest BCUT2D eigenvalue weighted by molar-refractivity contribution is -0.385. The van der Waals surface area contributed by atoms with Gasteiger partial charge in [-0.05, 0) is 30.5 Å². The Hall–Kier alpha value is -2.55. The molecular weight excluding hydrogens is 377 g/mol. The molecule has 138 valence electrons. The number of benzene rings is 1. The molecule has 0 radical (unpaired) electrons. The molecule has 2 aliphatic rings. The Morgan fingerprint density at radius 1 is 1.31 bits per heavy atom. The Morgan fingerprint density at radius 3 is 2.54 bits per heavy atom. The number of hydrogen-bond donors (Lipinski definition) is 1. The largest absolute Gasteiger partial charge is 0.463 e. The fraction of sp³-hybridized carbons (Fsp3) is 0.312. The van der Waals surface area contributed by atoms with Gasteiger partial charge in [-0.25, -0.2) is 0 Å². The van der Waals surface area contributed by atoms with Crippen LogP contribution in [0.15, 0.2) is 35.7 Å². The Kier molecular flexibility index (Phi) is 4.66. The van der Waals surface area contributed by atoms with E-state index in [-0.39, 0.29) is 23.1 Å². The van der Waals surface area contributed by atoms with Crippen molar-refractivity contribution < 1.29 is 27.6 Å². The van der Waals surface area contributed by atoms with E-state index in [1.165, 1.54) is 6.08 Å². The van der Waals surface area contributed by atoms with Gasteiger partial charge in [0.15, 0.2) is 12.0 Å². The van der Waals surface area contributed by atoms with E-state index in [0.29, 0.717) is 12.1 Å². The van der Waals surface area contributed by atoms with Gasteiger partial charge in [-0.1, -0.05) is 11.6 Å². The van der Waals surface area contributed by atoms with E-state index in [2.05, 4.69) is 5.32 Å². The molecule has 0 saturated heterocycles. The van der Waals surface area contributed by atoms with Gasteiger partial charge in [0.2, 0.25) is 5.78 Å². The molecule has 1 aromatic rings. The first kappa shape index (κ1) is 18.2. The highest BCUT2D eigenvalue weighted by atomic mass is 35.5. The zero-order valence-electron chi connectivity index (χ0n) is 13.0. The highest BCUT2D eigenvalue weighted by molar-refractivity contribution is 6.28. The van der Waals surface area contributed by atoms with Crippen molar-refractivity contribution in [1.29, 1.82) is 0 Å². The third kappa shape index (κ3) is 3.67. The minimum Gasteiger partial charge on any atom is -0.463 e. The van der Waals surface area contributed by atoms with Crippen LogP contribution >= 0.6 is 11.6 Å². The standard InChI is InChI=1S/C16H12ClF3N2O4/c17-4-3-12-14(23)13(15(26-12)21-10-1-2-10)8-5-9(16(18,19)20)7-11(6-8)22(24)25/h3-7,10,12,21H,1-2H2. The second-order valence-corrected chi connectivity index (χ2v) is 6.12. The minimum atomic E-state index is -4.80. The maximum Gasteiger partial charge on any atom is 0.416 e. The van der Waals surface area contributed by atoms with Crippen LogP contribution < -0.4 is 5.32 Å². The van der Waals surface area contributed by atoms with Gasteiger partial charge in [0.05, 0.1) is 16.1 Å². The van der Waals surface area contributed by atoms with Crippen LogP contribution in [0.25, 0.3) is 5.57 Å². The average molecular weight is 389 g/mol. The number of nitro benzene ring substituents is 1. The van der Waals surface area contributed by atoms with Crippen LogP contribution in [-0.4, -0.2) is 22.9 Å². The summed E-state index contributed by atoms with van der Waals surface area (Å²) in [5.41, 5.74) is -1.31. The maximum absolute atomic E-state index is 13.1. The Morgan fingerprint density at radius 2 is 2.00 bits per heavy atom. The van der Waals surface area contributed by atoms with Crippen LogP contribution in [0.3, 0.4) is 0 Å². The third-order valence-corrected chi connectivity index (χ3v) is 4.03. The van der Waals surface area contributed by atoms with Crippen molar-refractivity contribution in [3.05, 3.63) is 56.9 Å². The van der Waals surface area contributed by atoms with Crippen LogP contribution in [0, 0.1) is 10.1 Å². The number of Topliss-reactive ketones (excluding diaryl/α,β-unsaturated/α-hetero) is 1. The van der Waals surface area contributed by atoms with Gasteiger partial charge in [0.25, 0.3) is 5.69 Å². The summed E-state index contributed by atoms with van der Waals surface area (Å²) in [6, 6.07) is 2.10. The number of nitro groups is 1. The summed E-state index contributed by atoms with van der Waals surface area (Å²) >= 11 is 5.47. The molecule has 1 heterocycles. The van der Waals surface area contributed by atoms with Crippen LogP contribution in [-0.2, 0) is 15.7 Å². The number of non-ortho nitro benzene ring substituents is 1.